The Morgan fingerprint density at radius 1 is 1.40 bits per heavy atom. The minimum Gasteiger partial charge on any atom is -0.301 e. The van der Waals surface area contributed by atoms with E-state index in [1.807, 2.05) is 11.8 Å². The summed E-state index contributed by atoms with van der Waals surface area (Å²) in [6.07, 6.45) is 2.84. The molecule has 7 nitrogen and oxygen atoms in total. The van der Waals surface area contributed by atoms with Crippen molar-refractivity contribution < 1.29 is 13.2 Å². The lowest BCUT2D eigenvalue weighted by Gasteiger charge is -2.36. The smallest absolute Gasteiger partial charge is 0.243 e. The van der Waals surface area contributed by atoms with E-state index in [9.17, 15) is 13.2 Å². The number of rotatable bonds is 4. The van der Waals surface area contributed by atoms with Crippen LogP contribution in [0.4, 0.5) is 5.13 Å². The Bertz CT molecular complexity index is 550. The predicted molar refractivity (Wildman–Crippen MR) is 78.2 cm³/mol. The number of carbonyl (C=O) groups excluding carboxylic acids is 1. The van der Waals surface area contributed by atoms with Crippen molar-refractivity contribution in [2.75, 3.05) is 37.8 Å². The third kappa shape index (κ3) is 3.75. The van der Waals surface area contributed by atoms with E-state index < -0.39 is 10.0 Å². The first-order chi connectivity index (χ1) is 9.38. The Kier molecular flexibility index (Phi) is 4.74. The van der Waals surface area contributed by atoms with Gasteiger partial charge in [0.05, 0.1) is 12.3 Å². The average Bonchev–Trinajstić information content (AvgIpc) is 2.90. The van der Waals surface area contributed by atoms with Crippen molar-refractivity contribution in [3.8, 4) is 0 Å². The highest BCUT2D eigenvalue weighted by Gasteiger charge is 2.28. The van der Waals surface area contributed by atoms with Gasteiger partial charge in [0, 0.05) is 37.8 Å². The number of thiazole rings is 1. The molecule has 0 saturated carbocycles. The molecule has 2 rings (SSSR count). The summed E-state index contributed by atoms with van der Waals surface area (Å²) in [7, 11) is -3.14. The van der Waals surface area contributed by atoms with Crippen LogP contribution in [0.1, 0.15) is 6.92 Å². The van der Waals surface area contributed by atoms with Gasteiger partial charge in [-0.1, -0.05) is 0 Å². The lowest BCUT2D eigenvalue weighted by atomic mass is 10.2. The predicted octanol–water partition coefficient (Wildman–Crippen LogP) is 0.0473. The molecule has 20 heavy (non-hydrogen) atoms. The first-order valence-electron chi connectivity index (χ1n) is 6.27. The Morgan fingerprint density at radius 2 is 2.05 bits per heavy atom. The minimum absolute atomic E-state index is 0.118. The largest absolute Gasteiger partial charge is 0.301 e. The van der Waals surface area contributed by atoms with Gasteiger partial charge in [0.25, 0.3) is 0 Å². The Balaban J connectivity index is 1.88. The molecule has 1 atom stereocenters. The fraction of sp³-hybridized carbons (Fsp3) is 0.636. The van der Waals surface area contributed by atoms with Gasteiger partial charge in [-0.2, -0.15) is 4.31 Å². The van der Waals surface area contributed by atoms with Crippen LogP contribution in [0.15, 0.2) is 11.6 Å². The molecule has 1 amide bonds. The SMILES string of the molecule is CC(C(=O)Nc1nccs1)N1CCN(S(C)(=O)=O)CC1. The fourth-order valence-corrected chi connectivity index (χ4v) is 3.44. The number of nitrogens with one attached hydrogen (secondary N) is 1. The molecule has 112 valence electrons. The summed E-state index contributed by atoms with van der Waals surface area (Å²) in [5.41, 5.74) is 0. The van der Waals surface area contributed by atoms with E-state index in [1.165, 1.54) is 21.9 Å². The maximum Gasteiger partial charge on any atom is 0.243 e. The molecule has 0 aromatic carbocycles. The molecule has 1 aliphatic heterocycles. The Morgan fingerprint density at radius 3 is 2.55 bits per heavy atom. The summed E-state index contributed by atoms with van der Waals surface area (Å²) in [6.45, 7) is 3.78. The van der Waals surface area contributed by atoms with Gasteiger partial charge in [0.2, 0.25) is 15.9 Å². The van der Waals surface area contributed by atoms with Crippen LogP contribution in [0.2, 0.25) is 0 Å². The number of hydrogen-bond donors (Lipinski definition) is 1. The normalized spacial score (nSPS) is 19.7. The van der Waals surface area contributed by atoms with Gasteiger partial charge in [0.1, 0.15) is 0 Å². The van der Waals surface area contributed by atoms with Gasteiger partial charge in [-0.05, 0) is 6.92 Å². The monoisotopic (exact) mass is 318 g/mol. The average molecular weight is 318 g/mol. The van der Waals surface area contributed by atoms with Gasteiger partial charge in [-0.3, -0.25) is 9.69 Å². The second-order valence-corrected chi connectivity index (χ2v) is 7.58. The molecule has 9 heteroatoms. The highest BCUT2D eigenvalue weighted by atomic mass is 32.2. The zero-order valence-corrected chi connectivity index (χ0v) is 13.1. The van der Waals surface area contributed by atoms with Crippen LogP contribution in [0.3, 0.4) is 0 Å². The summed E-state index contributed by atoms with van der Waals surface area (Å²) < 4.78 is 24.3. The lowest BCUT2D eigenvalue weighted by molar-refractivity contribution is -0.121. The molecule has 2 heterocycles. The van der Waals surface area contributed by atoms with Crippen molar-refractivity contribution in [3.63, 3.8) is 0 Å². The lowest BCUT2D eigenvalue weighted by Crippen LogP contribution is -2.53. The summed E-state index contributed by atoms with van der Waals surface area (Å²) in [6, 6.07) is -0.305. The molecule has 1 fully saturated rings. The molecular formula is C11H18N4O3S2. The maximum absolute atomic E-state index is 12.1. The third-order valence-electron chi connectivity index (χ3n) is 3.33. The Labute approximate surface area is 122 Å². The summed E-state index contributed by atoms with van der Waals surface area (Å²) in [4.78, 5) is 18.1. The van der Waals surface area contributed by atoms with Gasteiger partial charge in [-0.25, -0.2) is 13.4 Å². The molecular weight excluding hydrogens is 300 g/mol. The molecule has 0 spiro atoms. The molecule has 1 aromatic rings. The summed E-state index contributed by atoms with van der Waals surface area (Å²) in [5, 5.41) is 5.13. The van der Waals surface area contributed by atoms with Crippen molar-refractivity contribution in [3.05, 3.63) is 11.6 Å². The van der Waals surface area contributed by atoms with Crippen LogP contribution >= 0.6 is 11.3 Å². The molecule has 0 aliphatic carbocycles. The molecule has 1 aliphatic rings. The van der Waals surface area contributed by atoms with Crippen molar-refractivity contribution in [2.24, 2.45) is 0 Å². The number of nitrogens with zero attached hydrogens (tertiary/aromatic N) is 3. The molecule has 1 saturated heterocycles. The molecule has 1 aromatic heterocycles. The maximum atomic E-state index is 12.1. The summed E-state index contributed by atoms with van der Waals surface area (Å²) >= 11 is 1.37. The summed E-state index contributed by atoms with van der Waals surface area (Å²) in [5.74, 6) is -0.118. The number of anilines is 1. The van der Waals surface area contributed by atoms with Crippen LogP contribution in [0.5, 0.6) is 0 Å². The van der Waals surface area contributed by atoms with E-state index in [4.69, 9.17) is 0 Å². The van der Waals surface area contributed by atoms with E-state index in [0.29, 0.717) is 31.3 Å². The van der Waals surface area contributed by atoms with Crippen LogP contribution in [-0.2, 0) is 14.8 Å². The highest BCUT2D eigenvalue weighted by Crippen LogP contribution is 2.13. The molecule has 0 radical (unpaired) electrons. The van der Waals surface area contributed by atoms with Crippen molar-refractivity contribution >= 4 is 32.4 Å². The second-order valence-electron chi connectivity index (χ2n) is 4.70. The third-order valence-corrected chi connectivity index (χ3v) is 5.32. The van der Waals surface area contributed by atoms with Gasteiger partial charge >= 0.3 is 0 Å². The van der Waals surface area contributed by atoms with Crippen LogP contribution < -0.4 is 5.32 Å². The van der Waals surface area contributed by atoms with Crippen molar-refractivity contribution in [2.45, 2.75) is 13.0 Å². The van der Waals surface area contributed by atoms with Gasteiger partial charge in [0.15, 0.2) is 5.13 Å². The second kappa shape index (κ2) is 6.17. The minimum atomic E-state index is -3.14. The molecule has 1 unspecified atom stereocenters. The number of aromatic nitrogens is 1. The van der Waals surface area contributed by atoms with Crippen LogP contribution in [-0.4, -0.2) is 67.0 Å². The van der Waals surface area contributed by atoms with Crippen LogP contribution in [0, 0.1) is 0 Å². The molecule has 1 N–H and O–H groups in total. The van der Waals surface area contributed by atoms with Crippen molar-refractivity contribution in [1.29, 1.82) is 0 Å². The zero-order chi connectivity index (χ0) is 14.8. The number of amides is 1. The topological polar surface area (TPSA) is 82.6 Å². The van der Waals surface area contributed by atoms with E-state index in [-0.39, 0.29) is 11.9 Å². The number of piperazine rings is 1. The number of carbonyl (C=O) groups is 1. The zero-order valence-electron chi connectivity index (χ0n) is 11.4. The van der Waals surface area contributed by atoms with E-state index >= 15 is 0 Å². The van der Waals surface area contributed by atoms with E-state index in [1.54, 1.807) is 11.6 Å². The first kappa shape index (κ1) is 15.4. The van der Waals surface area contributed by atoms with Gasteiger partial charge < -0.3 is 5.32 Å². The van der Waals surface area contributed by atoms with E-state index in [2.05, 4.69) is 10.3 Å². The fourth-order valence-electron chi connectivity index (χ4n) is 2.08. The standard InChI is InChI=1S/C11H18N4O3S2/c1-9(10(16)13-11-12-3-8-19-11)14-4-6-15(7-5-14)20(2,17)18/h3,8-9H,4-7H2,1-2H3,(H,12,13,16). The van der Waals surface area contributed by atoms with E-state index in [0.717, 1.165) is 0 Å². The highest BCUT2D eigenvalue weighted by molar-refractivity contribution is 7.88. The van der Waals surface area contributed by atoms with Crippen molar-refractivity contribution in [1.82, 2.24) is 14.2 Å². The van der Waals surface area contributed by atoms with Gasteiger partial charge in [-0.15, -0.1) is 11.3 Å². The van der Waals surface area contributed by atoms with Crippen LogP contribution in [0.25, 0.3) is 0 Å². The quantitative estimate of drug-likeness (QED) is 0.848. The number of sulfonamides is 1. The first-order valence-corrected chi connectivity index (χ1v) is 9.00. The molecule has 0 bridgehead atoms. The number of hydrogen-bond acceptors (Lipinski definition) is 6. The Hall–Kier alpha value is -1.03.